The first-order valence-corrected chi connectivity index (χ1v) is 8.27. The van der Waals surface area contributed by atoms with Gasteiger partial charge in [-0.15, -0.1) is 0 Å². The Balaban J connectivity index is 1.84. The number of carbonyl (C=O) groups is 3. The summed E-state index contributed by atoms with van der Waals surface area (Å²) in [6, 6.07) is 1.45. The second kappa shape index (κ2) is 6.92. The van der Waals surface area contributed by atoms with E-state index in [1.54, 1.807) is 4.72 Å². The molecule has 0 radical (unpaired) electrons. The quantitative estimate of drug-likeness (QED) is 0.189. The number of likely N-dealkylation sites (tertiary alicyclic amines) is 1. The van der Waals surface area contributed by atoms with Gasteiger partial charge in [0, 0.05) is 11.8 Å². The van der Waals surface area contributed by atoms with E-state index in [0.717, 1.165) is 12.1 Å². The molecule has 136 valence electrons. The van der Waals surface area contributed by atoms with Crippen LogP contribution < -0.4 is 20.5 Å². The standard InChI is InChI=1S/C12H15N5O7S/c13-7-5-17(11(7)21)12(22)16-25(23,24)14-4-10(20)15-6-1-2-8(18)9(19)3-6/h1-3,7,14,18-19H,4-5,13H2,(H,15,20)(H,16,22)/t7-/m0/s1. The second-order valence-electron chi connectivity index (χ2n) is 5.04. The molecule has 1 atom stereocenters. The van der Waals surface area contributed by atoms with Gasteiger partial charge in [0.25, 0.3) is 0 Å². The number of benzene rings is 1. The number of urea groups is 1. The lowest BCUT2D eigenvalue weighted by molar-refractivity contribution is -0.137. The van der Waals surface area contributed by atoms with Crippen molar-refractivity contribution >= 4 is 33.7 Å². The fraction of sp³-hybridized carbons (Fsp3) is 0.250. The van der Waals surface area contributed by atoms with E-state index in [4.69, 9.17) is 10.8 Å². The number of aromatic hydroxyl groups is 2. The van der Waals surface area contributed by atoms with Crippen LogP contribution in [0.4, 0.5) is 10.5 Å². The Kier molecular flexibility index (Phi) is 5.10. The Morgan fingerprint density at radius 1 is 1.28 bits per heavy atom. The van der Waals surface area contributed by atoms with Crippen LogP contribution in [-0.4, -0.2) is 60.5 Å². The molecule has 1 aromatic rings. The largest absolute Gasteiger partial charge is 0.504 e. The molecule has 13 heteroatoms. The van der Waals surface area contributed by atoms with Crippen molar-refractivity contribution in [3.8, 4) is 11.5 Å². The van der Waals surface area contributed by atoms with Crippen molar-refractivity contribution in [2.45, 2.75) is 6.04 Å². The molecule has 0 unspecified atom stereocenters. The molecular formula is C12H15N5O7S. The maximum absolute atomic E-state index is 11.7. The molecule has 7 N–H and O–H groups in total. The summed E-state index contributed by atoms with van der Waals surface area (Å²) in [5.41, 5.74) is 5.40. The fourth-order valence-electron chi connectivity index (χ4n) is 1.81. The van der Waals surface area contributed by atoms with Crippen LogP contribution in [0.15, 0.2) is 18.2 Å². The highest BCUT2D eigenvalue weighted by molar-refractivity contribution is 7.88. The van der Waals surface area contributed by atoms with Gasteiger partial charge < -0.3 is 21.3 Å². The first-order valence-electron chi connectivity index (χ1n) is 6.79. The number of phenols is 2. The van der Waals surface area contributed by atoms with E-state index in [0.29, 0.717) is 4.90 Å². The lowest BCUT2D eigenvalue weighted by Gasteiger charge is -2.33. The molecule has 25 heavy (non-hydrogen) atoms. The van der Waals surface area contributed by atoms with Gasteiger partial charge in [-0.2, -0.15) is 13.1 Å². The molecule has 0 bridgehead atoms. The molecular weight excluding hydrogens is 358 g/mol. The summed E-state index contributed by atoms with van der Waals surface area (Å²) in [5.74, 6) is -2.37. The molecule has 1 aliphatic rings. The number of rotatable bonds is 5. The third-order valence-electron chi connectivity index (χ3n) is 3.11. The smallest absolute Gasteiger partial charge is 0.338 e. The molecule has 1 heterocycles. The number of imide groups is 1. The lowest BCUT2D eigenvalue weighted by Crippen LogP contribution is -2.65. The molecule has 1 aromatic carbocycles. The second-order valence-corrected chi connectivity index (χ2v) is 6.54. The zero-order chi connectivity index (χ0) is 18.8. The predicted molar refractivity (Wildman–Crippen MR) is 83.5 cm³/mol. The summed E-state index contributed by atoms with van der Waals surface area (Å²) >= 11 is 0. The molecule has 12 nitrogen and oxygen atoms in total. The number of amides is 4. The average molecular weight is 373 g/mol. The van der Waals surface area contributed by atoms with Crippen molar-refractivity contribution in [2.24, 2.45) is 5.73 Å². The summed E-state index contributed by atoms with van der Waals surface area (Å²) in [5, 5.41) is 20.7. The van der Waals surface area contributed by atoms with Crippen molar-refractivity contribution in [3.05, 3.63) is 18.2 Å². The first-order chi connectivity index (χ1) is 11.6. The summed E-state index contributed by atoms with van der Waals surface area (Å²) in [4.78, 5) is 35.1. The van der Waals surface area contributed by atoms with Crippen molar-refractivity contribution in [3.63, 3.8) is 0 Å². The number of hydrogen-bond acceptors (Lipinski definition) is 8. The van der Waals surface area contributed by atoms with E-state index in [9.17, 15) is 27.9 Å². The van der Waals surface area contributed by atoms with E-state index in [1.165, 1.54) is 6.07 Å². The number of anilines is 1. The Hall–Kier alpha value is -2.90. The van der Waals surface area contributed by atoms with E-state index in [2.05, 4.69) is 5.32 Å². The van der Waals surface area contributed by atoms with Gasteiger partial charge in [0.1, 0.15) is 6.04 Å². The number of nitrogens with zero attached hydrogens (tertiary/aromatic N) is 1. The monoisotopic (exact) mass is 373 g/mol. The Morgan fingerprint density at radius 3 is 2.52 bits per heavy atom. The normalized spacial score (nSPS) is 16.9. The highest BCUT2D eigenvalue weighted by Crippen LogP contribution is 2.27. The SMILES string of the molecule is N[C@H]1CN(C(=O)NS(=O)(=O)NCC(=O)Nc2ccc(O)c(O)c2)C1=O. The summed E-state index contributed by atoms with van der Waals surface area (Å²) in [7, 11) is -4.38. The summed E-state index contributed by atoms with van der Waals surface area (Å²) in [6.07, 6.45) is 0. The zero-order valence-electron chi connectivity index (χ0n) is 12.6. The molecule has 1 aliphatic heterocycles. The molecule has 4 amide bonds. The summed E-state index contributed by atoms with van der Waals surface area (Å²) in [6.45, 7) is -0.831. The van der Waals surface area contributed by atoms with Crippen LogP contribution in [0, 0.1) is 0 Å². The average Bonchev–Trinajstić information content (AvgIpc) is 2.53. The minimum Gasteiger partial charge on any atom is -0.504 e. The molecule has 0 saturated carbocycles. The van der Waals surface area contributed by atoms with Gasteiger partial charge in [-0.3, -0.25) is 14.5 Å². The molecule has 1 fully saturated rings. The number of hydrogen-bond donors (Lipinski definition) is 6. The van der Waals surface area contributed by atoms with Gasteiger partial charge in [0.2, 0.25) is 11.8 Å². The number of nitrogens with two attached hydrogens (primary N) is 1. The predicted octanol–water partition coefficient (Wildman–Crippen LogP) is -2.25. The van der Waals surface area contributed by atoms with Crippen molar-refractivity contribution in [2.75, 3.05) is 18.4 Å². The minimum atomic E-state index is -4.38. The van der Waals surface area contributed by atoms with Gasteiger partial charge in [-0.05, 0) is 12.1 Å². The van der Waals surface area contributed by atoms with Crippen LogP contribution in [0.3, 0.4) is 0 Å². The van der Waals surface area contributed by atoms with Crippen LogP contribution in [0.2, 0.25) is 0 Å². The van der Waals surface area contributed by atoms with Gasteiger partial charge in [-0.25, -0.2) is 9.52 Å². The van der Waals surface area contributed by atoms with Crippen molar-refractivity contribution in [1.29, 1.82) is 0 Å². The number of phenolic OH excluding ortho intramolecular Hbond substituents is 2. The van der Waals surface area contributed by atoms with Crippen molar-refractivity contribution in [1.82, 2.24) is 14.3 Å². The maximum atomic E-state index is 11.7. The Bertz CT molecular complexity index is 825. The van der Waals surface area contributed by atoms with Crippen LogP contribution in [0.5, 0.6) is 11.5 Å². The molecule has 2 rings (SSSR count). The topological polar surface area (TPSA) is 191 Å². The minimum absolute atomic E-state index is 0.106. The first kappa shape index (κ1) is 18.4. The van der Waals surface area contributed by atoms with Gasteiger partial charge in [0.15, 0.2) is 11.5 Å². The fourth-order valence-corrected chi connectivity index (χ4v) is 2.54. The number of carbonyl (C=O) groups excluding carboxylic acids is 3. The number of nitrogens with one attached hydrogen (secondary N) is 3. The van der Waals surface area contributed by atoms with Gasteiger partial charge in [0.05, 0.1) is 13.1 Å². The van der Waals surface area contributed by atoms with E-state index in [1.807, 2.05) is 4.72 Å². The van der Waals surface area contributed by atoms with Crippen molar-refractivity contribution < 1.29 is 33.0 Å². The van der Waals surface area contributed by atoms with E-state index < -0.39 is 46.4 Å². The van der Waals surface area contributed by atoms with Gasteiger partial charge in [-0.1, -0.05) is 0 Å². The summed E-state index contributed by atoms with van der Waals surface area (Å²) < 4.78 is 26.7. The van der Waals surface area contributed by atoms with Crippen LogP contribution in [0.25, 0.3) is 0 Å². The maximum Gasteiger partial charge on any atom is 0.338 e. The zero-order valence-corrected chi connectivity index (χ0v) is 13.4. The lowest BCUT2D eigenvalue weighted by atomic mass is 10.1. The molecule has 1 saturated heterocycles. The van der Waals surface area contributed by atoms with Crippen LogP contribution >= 0.6 is 0 Å². The van der Waals surface area contributed by atoms with E-state index >= 15 is 0 Å². The Morgan fingerprint density at radius 2 is 1.96 bits per heavy atom. The highest BCUT2D eigenvalue weighted by atomic mass is 32.2. The molecule has 0 aromatic heterocycles. The van der Waals surface area contributed by atoms with Crippen LogP contribution in [0.1, 0.15) is 0 Å². The van der Waals surface area contributed by atoms with Crippen LogP contribution in [-0.2, 0) is 19.8 Å². The number of β-lactam (4-membered cyclic amide) rings is 1. The Labute approximate surface area is 141 Å². The van der Waals surface area contributed by atoms with E-state index in [-0.39, 0.29) is 18.0 Å². The van der Waals surface area contributed by atoms with Gasteiger partial charge >= 0.3 is 16.2 Å². The molecule has 0 spiro atoms. The third-order valence-corrected chi connectivity index (χ3v) is 4.08. The molecule has 0 aliphatic carbocycles. The highest BCUT2D eigenvalue weighted by Gasteiger charge is 2.39. The third kappa shape index (κ3) is 4.56.